The van der Waals surface area contributed by atoms with Crippen molar-refractivity contribution >= 4 is 17.3 Å². The molecule has 0 amide bonds. The Hall–Kier alpha value is -3.73. The highest BCUT2D eigenvalue weighted by Crippen LogP contribution is 2.25. The molecular weight excluding hydrogens is 360 g/mol. The Balaban J connectivity index is 1.54. The van der Waals surface area contributed by atoms with E-state index < -0.39 is 0 Å². The van der Waals surface area contributed by atoms with E-state index in [4.69, 9.17) is 10.3 Å². The second-order valence-corrected chi connectivity index (χ2v) is 5.98. The van der Waals surface area contributed by atoms with Crippen LogP contribution in [0.3, 0.4) is 0 Å². The lowest BCUT2D eigenvalue weighted by Crippen LogP contribution is -2.05. The molecule has 11 nitrogen and oxygen atoms in total. The topological polar surface area (TPSA) is 131 Å². The Morgan fingerprint density at radius 2 is 2.11 bits per heavy atom. The molecule has 0 aromatic carbocycles. The fraction of sp³-hybridized carbons (Fsp3) is 0.235. The van der Waals surface area contributed by atoms with E-state index in [9.17, 15) is 0 Å². The summed E-state index contributed by atoms with van der Waals surface area (Å²) in [5, 5.41) is 15.1. The Morgan fingerprint density at radius 3 is 2.96 bits per heavy atom. The van der Waals surface area contributed by atoms with Gasteiger partial charge in [0.2, 0.25) is 5.82 Å². The smallest absolute Gasteiger partial charge is 0.216 e. The predicted octanol–water partition coefficient (Wildman–Crippen LogP) is 2.30. The molecule has 0 fully saturated rings. The minimum Gasteiger partial charge on any atom is -0.383 e. The van der Waals surface area contributed by atoms with Gasteiger partial charge in [0.1, 0.15) is 6.33 Å². The Morgan fingerprint density at radius 1 is 1.18 bits per heavy atom. The summed E-state index contributed by atoms with van der Waals surface area (Å²) in [6.07, 6.45) is 8.57. The van der Waals surface area contributed by atoms with Gasteiger partial charge in [-0.1, -0.05) is 6.07 Å². The van der Waals surface area contributed by atoms with Gasteiger partial charge in [-0.15, -0.1) is 5.11 Å². The molecule has 2 N–H and O–H groups in total. The number of rotatable bonds is 8. The van der Waals surface area contributed by atoms with Crippen molar-refractivity contribution in [2.75, 3.05) is 19.0 Å². The zero-order valence-electron chi connectivity index (χ0n) is 15.1. The van der Waals surface area contributed by atoms with Crippen molar-refractivity contribution in [3.63, 3.8) is 0 Å². The average molecular weight is 378 g/mol. The molecule has 0 bridgehead atoms. The molecule has 4 aromatic heterocycles. The van der Waals surface area contributed by atoms with Gasteiger partial charge in [-0.05, 0) is 11.6 Å². The molecule has 0 aliphatic heterocycles. The molecule has 4 heterocycles. The maximum Gasteiger partial charge on any atom is 0.216 e. The number of nitrogens with zero attached hydrogens (tertiary/aromatic N) is 8. The number of hydrogen-bond donors (Lipinski definition) is 2. The molecule has 0 atom stereocenters. The number of ether oxygens (including phenoxy) is 1. The molecule has 0 saturated heterocycles. The molecule has 0 aliphatic rings. The number of hydrogen-bond acceptors (Lipinski definition) is 9. The Labute approximate surface area is 159 Å². The summed E-state index contributed by atoms with van der Waals surface area (Å²) in [6.45, 7) is 1.70. The fourth-order valence-corrected chi connectivity index (χ4v) is 2.67. The van der Waals surface area contributed by atoms with E-state index in [2.05, 4.69) is 35.6 Å². The van der Waals surface area contributed by atoms with Crippen molar-refractivity contribution in [1.82, 2.24) is 34.3 Å². The van der Waals surface area contributed by atoms with Gasteiger partial charge in [-0.25, -0.2) is 25.0 Å². The van der Waals surface area contributed by atoms with Gasteiger partial charge >= 0.3 is 0 Å². The van der Waals surface area contributed by atoms with Crippen LogP contribution in [0.5, 0.6) is 0 Å². The lowest BCUT2D eigenvalue weighted by molar-refractivity contribution is 0.183. The first-order valence-corrected chi connectivity index (χ1v) is 8.55. The van der Waals surface area contributed by atoms with Crippen molar-refractivity contribution in [2.24, 2.45) is 5.11 Å². The predicted molar refractivity (Wildman–Crippen MR) is 100 cm³/mol. The number of aromatic nitrogens is 7. The van der Waals surface area contributed by atoms with Crippen molar-refractivity contribution < 1.29 is 4.74 Å². The van der Waals surface area contributed by atoms with E-state index in [0.29, 0.717) is 31.2 Å². The first kappa shape index (κ1) is 17.7. The van der Waals surface area contributed by atoms with Crippen molar-refractivity contribution in [3.8, 4) is 11.3 Å². The number of nitrogens with one attached hydrogen (secondary N) is 2. The monoisotopic (exact) mass is 378 g/mol. The normalized spacial score (nSPS) is 11.0. The highest BCUT2D eigenvalue weighted by atomic mass is 16.5. The summed E-state index contributed by atoms with van der Waals surface area (Å²) >= 11 is 0. The molecule has 4 aromatic rings. The number of anilines is 1. The largest absolute Gasteiger partial charge is 0.383 e. The van der Waals surface area contributed by atoms with Gasteiger partial charge in [0.15, 0.2) is 11.5 Å². The summed E-state index contributed by atoms with van der Waals surface area (Å²) in [7, 11) is 1.65. The van der Waals surface area contributed by atoms with Gasteiger partial charge < -0.3 is 10.1 Å². The lowest BCUT2D eigenvalue weighted by Gasteiger charge is -2.09. The van der Waals surface area contributed by atoms with Crippen LogP contribution in [0.15, 0.2) is 48.4 Å². The molecule has 28 heavy (non-hydrogen) atoms. The molecular formula is C17H18N10O. The van der Waals surface area contributed by atoms with Crippen LogP contribution in [0, 0.1) is 5.53 Å². The maximum absolute atomic E-state index is 7.34. The number of methoxy groups -OCH3 is 1. The third kappa shape index (κ3) is 3.69. The molecule has 0 radical (unpaired) electrons. The van der Waals surface area contributed by atoms with Gasteiger partial charge in [0, 0.05) is 31.6 Å². The first-order valence-electron chi connectivity index (χ1n) is 8.55. The minimum absolute atomic E-state index is 0.220. The second kappa shape index (κ2) is 7.88. The fourth-order valence-electron chi connectivity index (χ4n) is 2.67. The van der Waals surface area contributed by atoms with Gasteiger partial charge in [0.25, 0.3) is 0 Å². The van der Waals surface area contributed by atoms with E-state index >= 15 is 0 Å². The highest BCUT2D eigenvalue weighted by Gasteiger charge is 2.11. The van der Waals surface area contributed by atoms with Crippen LogP contribution in [-0.2, 0) is 17.8 Å². The summed E-state index contributed by atoms with van der Waals surface area (Å²) in [5.41, 5.74) is 10.6. The van der Waals surface area contributed by atoms with Gasteiger partial charge in [-0.3, -0.25) is 4.68 Å². The molecule has 4 rings (SSSR count). The zero-order valence-corrected chi connectivity index (χ0v) is 15.1. The van der Waals surface area contributed by atoms with E-state index in [1.807, 2.05) is 24.5 Å². The van der Waals surface area contributed by atoms with Crippen molar-refractivity contribution in [2.45, 2.75) is 13.1 Å². The quantitative estimate of drug-likeness (QED) is 0.450. The summed E-state index contributed by atoms with van der Waals surface area (Å²) in [6, 6.07) is 3.84. The third-order valence-corrected chi connectivity index (χ3v) is 4.11. The van der Waals surface area contributed by atoms with E-state index in [0.717, 1.165) is 16.8 Å². The van der Waals surface area contributed by atoms with Crippen LogP contribution < -0.4 is 5.32 Å². The van der Waals surface area contributed by atoms with Crippen LogP contribution in [0.2, 0.25) is 0 Å². The van der Waals surface area contributed by atoms with Crippen LogP contribution in [0.1, 0.15) is 5.56 Å². The Bertz CT molecular complexity index is 1100. The van der Waals surface area contributed by atoms with Crippen LogP contribution in [0.25, 0.3) is 16.9 Å². The minimum atomic E-state index is 0.220. The molecule has 0 spiro atoms. The maximum atomic E-state index is 7.34. The van der Waals surface area contributed by atoms with E-state index in [1.165, 1.54) is 6.33 Å². The zero-order chi connectivity index (χ0) is 19.3. The SMILES string of the molecule is COCCn1cc(-c2cnc(N=N)c(NCc3ccc4ncnn4c3)n2)cn1. The standard InChI is InChI=1S/C17H18N10O/c1-28-5-4-26-10-13(7-22-26)14-8-20-17(25-18)16(24-14)19-6-12-2-3-15-21-11-23-27(15)9-12/h2-3,7-11,18H,4-6H2,1H3,(H,19,24). The van der Waals surface area contributed by atoms with Gasteiger partial charge in [0.05, 0.1) is 31.2 Å². The molecule has 0 saturated carbocycles. The highest BCUT2D eigenvalue weighted by molar-refractivity contribution is 5.63. The molecule has 0 aliphatic carbocycles. The van der Waals surface area contributed by atoms with Crippen LogP contribution in [0.4, 0.5) is 11.6 Å². The van der Waals surface area contributed by atoms with E-state index in [1.54, 1.807) is 28.7 Å². The van der Waals surface area contributed by atoms with Gasteiger partial charge in [-0.2, -0.15) is 10.2 Å². The van der Waals surface area contributed by atoms with Crippen molar-refractivity contribution in [3.05, 3.63) is 48.8 Å². The Kier molecular flexibility index (Phi) is 4.97. The summed E-state index contributed by atoms with van der Waals surface area (Å²) < 4.78 is 8.54. The summed E-state index contributed by atoms with van der Waals surface area (Å²) in [5.74, 6) is 0.646. The van der Waals surface area contributed by atoms with E-state index in [-0.39, 0.29) is 5.82 Å². The molecule has 11 heteroatoms. The van der Waals surface area contributed by atoms with Crippen molar-refractivity contribution in [1.29, 1.82) is 5.53 Å². The number of fused-ring (bicyclic) bond motifs is 1. The van der Waals surface area contributed by atoms with Crippen LogP contribution >= 0.6 is 0 Å². The van der Waals surface area contributed by atoms with Crippen LogP contribution in [-0.4, -0.2) is 48.1 Å². The lowest BCUT2D eigenvalue weighted by atomic mass is 10.2. The second-order valence-electron chi connectivity index (χ2n) is 5.98. The third-order valence-electron chi connectivity index (χ3n) is 4.11. The number of pyridine rings is 1. The first-order chi connectivity index (χ1) is 13.8. The molecule has 142 valence electrons. The average Bonchev–Trinajstić information content (AvgIpc) is 3.39. The summed E-state index contributed by atoms with van der Waals surface area (Å²) in [4.78, 5) is 12.9. The molecule has 0 unspecified atom stereocenters.